The molecule has 0 bridgehead atoms. The number of nitrogens with zero attached hydrogens (tertiary/aromatic N) is 2. The first-order valence-electron chi connectivity index (χ1n) is 10.0. The molecule has 1 N–H and O–H groups in total. The largest absolute Gasteiger partial charge is 0.378 e. The SMILES string of the molecule is CCN(CC)S(=O)(=O)c1ccc(N2CCOCC2)c(NC(=O)c2cc(Cl)cc(Cl)c2)c1. The highest BCUT2D eigenvalue weighted by Crippen LogP contribution is 2.31. The number of hydrogen-bond donors (Lipinski definition) is 1. The van der Waals surface area contributed by atoms with Crippen molar-refractivity contribution in [2.24, 2.45) is 0 Å². The van der Waals surface area contributed by atoms with Crippen molar-refractivity contribution < 1.29 is 17.9 Å². The summed E-state index contributed by atoms with van der Waals surface area (Å²) in [6.45, 7) is 6.65. The Bertz CT molecular complexity index is 1030. The molecule has 10 heteroatoms. The van der Waals surface area contributed by atoms with Gasteiger partial charge in [0.15, 0.2) is 0 Å². The predicted molar refractivity (Wildman–Crippen MR) is 124 cm³/mol. The van der Waals surface area contributed by atoms with Gasteiger partial charge in [-0.05, 0) is 36.4 Å². The van der Waals surface area contributed by atoms with Crippen molar-refractivity contribution in [2.45, 2.75) is 18.7 Å². The fourth-order valence-electron chi connectivity index (χ4n) is 3.45. The van der Waals surface area contributed by atoms with Crippen LogP contribution < -0.4 is 10.2 Å². The predicted octanol–water partition coefficient (Wildman–Crippen LogP) is 4.11. The quantitative estimate of drug-likeness (QED) is 0.637. The maximum Gasteiger partial charge on any atom is 0.255 e. The van der Waals surface area contributed by atoms with Gasteiger partial charge >= 0.3 is 0 Å². The number of amides is 1. The van der Waals surface area contributed by atoms with E-state index in [0.717, 1.165) is 5.69 Å². The monoisotopic (exact) mass is 485 g/mol. The number of hydrogen-bond acceptors (Lipinski definition) is 5. The molecule has 1 fully saturated rings. The van der Waals surface area contributed by atoms with Gasteiger partial charge in [-0.25, -0.2) is 8.42 Å². The van der Waals surface area contributed by atoms with Gasteiger partial charge in [0.05, 0.1) is 29.5 Å². The van der Waals surface area contributed by atoms with Crippen molar-refractivity contribution in [1.29, 1.82) is 0 Å². The lowest BCUT2D eigenvalue weighted by molar-refractivity contribution is 0.102. The first-order valence-corrected chi connectivity index (χ1v) is 12.2. The minimum Gasteiger partial charge on any atom is -0.378 e. The molecule has 0 unspecified atom stereocenters. The Hall–Kier alpha value is -1.84. The summed E-state index contributed by atoms with van der Waals surface area (Å²) in [5, 5.41) is 3.52. The zero-order valence-corrected chi connectivity index (χ0v) is 19.7. The minimum absolute atomic E-state index is 0.118. The van der Waals surface area contributed by atoms with E-state index < -0.39 is 15.9 Å². The molecule has 1 heterocycles. The fraction of sp³-hybridized carbons (Fsp3) is 0.381. The Balaban J connectivity index is 2.02. The fourth-order valence-corrected chi connectivity index (χ4v) is 5.46. The highest BCUT2D eigenvalue weighted by Gasteiger charge is 2.25. The lowest BCUT2D eigenvalue weighted by atomic mass is 10.2. The average Bonchev–Trinajstić information content (AvgIpc) is 2.74. The van der Waals surface area contributed by atoms with E-state index in [1.54, 1.807) is 26.0 Å². The second kappa shape index (κ2) is 10.2. The summed E-state index contributed by atoms with van der Waals surface area (Å²) in [4.78, 5) is 15.1. The van der Waals surface area contributed by atoms with E-state index in [9.17, 15) is 13.2 Å². The highest BCUT2D eigenvalue weighted by molar-refractivity contribution is 7.89. The summed E-state index contributed by atoms with van der Waals surface area (Å²) in [6, 6.07) is 9.35. The van der Waals surface area contributed by atoms with Crippen LogP contribution >= 0.6 is 23.2 Å². The maximum atomic E-state index is 13.0. The molecule has 0 spiro atoms. The normalized spacial score (nSPS) is 14.7. The molecule has 1 saturated heterocycles. The summed E-state index contributed by atoms with van der Waals surface area (Å²) in [6.07, 6.45) is 0. The van der Waals surface area contributed by atoms with Gasteiger partial charge in [-0.1, -0.05) is 37.0 Å². The second-order valence-electron chi connectivity index (χ2n) is 6.98. The molecule has 3 rings (SSSR count). The van der Waals surface area contributed by atoms with Gasteiger partial charge in [-0.15, -0.1) is 0 Å². The standard InChI is InChI=1S/C21H25Cl2N3O4S/c1-3-26(4-2)31(28,29)18-5-6-20(25-7-9-30-10-8-25)19(14-18)24-21(27)15-11-16(22)13-17(23)12-15/h5-6,11-14H,3-4,7-10H2,1-2H3,(H,24,27). The second-order valence-corrected chi connectivity index (χ2v) is 9.79. The van der Waals surface area contributed by atoms with Crippen LogP contribution in [0.15, 0.2) is 41.3 Å². The molecule has 2 aromatic carbocycles. The lowest BCUT2D eigenvalue weighted by Crippen LogP contribution is -2.37. The number of nitrogens with one attached hydrogen (secondary N) is 1. The van der Waals surface area contributed by atoms with Crippen LogP contribution in [0.25, 0.3) is 0 Å². The van der Waals surface area contributed by atoms with Crippen LogP contribution in [0.2, 0.25) is 10.0 Å². The van der Waals surface area contributed by atoms with E-state index in [0.29, 0.717) is 55.1 Å². The topological polar surface area (TPSA) is 79.0 Å². The molecule has 0 atom stereocenters. The minimum atomic E-state index is -3.69. The van der Waals surface area contributed by atoms with Crippen molar-refractivity contribution >= 4 is 50.5 Å². The van der Waals surface area contributed by atoms with Crippen LogP contribution in [0, 0.1) is 0 Å². The molecule has 1 amide bonds. The molecule has 0 aromatic heterocycles. The van der Waals surface area contributed by atoms with E-state index >= 15 is 0 Å². The molecule has 0 saturated carbocycles. The molecule has 0 aliphatic carbocycles. The van der Waals surface area contributed by atoms with Crippen molar-refractivity contribution in [3.8, 4) is 0 Å². The van der Waals surface area contributed by atoms with E-state index in [4.69, 9.17) is 27.9 Å². The third kappa shape index (κ3) is 5.51. The van der Waals surface area contributed by atoms with Gasteiger partial charge in [0.2, 0.25) is 10.0 Å². The zero-order chi connectivity index (χ0) is 22.6. The van der Waals surface area contributed by atoms with Crippen LogP contribution in [0.5, 0.6) is 0 Å². The maximum absolute atomic E-state index is 13.0. The van der Waals surface area contributed by atoms with E-state index in [-0.39, 0.29) is 10.5 Å². The van der Waals surface area contributed by atoms with Gasteiger partial charge in [-0.3, -0.25) is 4.79 Å². The molecule has 7 nitrogen and oxygen atoms in total. The number of morpholine rings is 1. The number of benzene rings is 2. The smallest absolute Gasteiger partial charge is 0.255 e. The number of carbonyl (C=O) groups excluding carboxylic acids is 1. The van der Waals surface area contributed by atoms with Gasteiger partial charge in [-0.2, -0.15) is 4.31 Å². The van der Waals surface area contributed by atoms with Gasteiger partial charge in [0.25, 0.3) is 5.91 Å². The van der Waals surface area contributed by atoms with E-state index in [1.165, 1.54) is 28.6 Å². The summed E-state index contributed by atoms with van der Waals surface area (Å²) in [5.41, 5.74) is 1.40. The summed E-state index contributed by atoms with van der Waals surface area (Å²) < 4.78 is 32.8. The molecule has 2 aromatic rings. The zero-order valence-electron chi connectivity index (χ0n) is 17.4. The molecule has 1 aliphatic heterocycles. The van der Waals surface area contributed by atoms with Crippen LogP contribution in [0.1, 0.15) is 24.2 Å². The molecular weight excluding hydrogens is 461 g/mol. The number of sulfonamides is 1. The molecule has 31 heavy (non-hydrogen) atoms. The number of carbonyl (C=O) groups is 1. The summed E-state index contributed by atoms with van der Waals surface area (Å²) >= 11 is 12.1. The van der Waals surface area contributed by atoms with Crippen LogP contribution in [-0.2, 0) is 14.8 Å². The first kappa shape index (κ1) is 23.8. The Morgan fingerprint density at radius 3 is 2.26 bits per heavy atom. The van der Waals surface area contributed by atoms with Gasteiger partial charge in [0.1, 0.15) is 0 Å². The van der Waals surface area contributed by atoms with Crippen LogP contribution in [0.3, 0.4) is 0 Å². The van der Waals surface area contributed by atoms with Gasteiger partial charge < -0.3 is 15.0 Å². The summed E-state index contributed by atoms with van der Waals surface area (Å²) in [5.74, 6) is -0.434. The van der Waals surface area contributed by atoms with E-state index in [1.807, 2.05) is 0 Å². The van der Waals surface area contributed by atoms with Crippen molar-refractivity contribution in [3.63, 3.8) is 0 Å². The number of ether oxygens (including phenoxy) is 1. The third-order valence-electron chi connectivity index (χ3n) is 5.04. The molecule has 168 valence electrons. The van der Waals surface area contributed by atoms with Gasteiger partial charge in [0, 0.05) is 41.8 Å². The van der Waals surface area contributed by atoms with Crippen molar-refractivity contribution in [1.82, 2.24) is 4.31 Å². The molecule has 0 radical (unpaired) electrons. The number of rotatable bonds is 7. The average molecular weight is 486 g/mol. The van der Waals surface area contributed by atoms with Crippen LogP contribution in [0.4, 0.5) is 11.4 Å². The molecule has 1 aliphatic rings. The molecular formula is C21H25Cl2N3O4S. The summed E-state index contributed by atoms with van der Waals surface area (Å²) in [7, 11) is -3.69. The third-order valence-corrected chi connectivity index (χ3v) is 7.52. The highest BCUT2D eigenvalue weighted by atomic mass is 35.5. The Kier molecular flexibility index (Phi) is 7.82. The Labute approximate surface area is 192 Å². The van der Waals surface area contributed by atoms with E-state index in [2.05, 4.69) is 10.2 Å². The Morgan fingerprint density at radius 1 is 1.06 bits per heavy atom. The van der Waals surface area contributed by atoms with Crippen LogP contribution in [-0.4, -0.2) is 58.0 Å². The number of halogens is 2. The van der Waals surface area contributed by atoms with Crippen molar-refractivity contribution in [3.05, 3.63) is 52.0 Å². The Morgan fingerprint density at radius 2 is 1.68 bits per heavy atom. The number of anilines is 2. The lowest BCUT2D eigenvalue weighted by Gasteiger charge is -2.31. The van der Waals surface area contributed by atoms with Crippen molar-refractivity contribution in [2.75, 3.05) is 49.6 Å². The first-order chi connectivity index (χ1) is 14.8.